The van der Waals surface area contributed by atoms with E-state index < -0.39 is 0 Å². The van der Waals surface area contributed by atoms with Gasteiger partial charge in [0, 0.05) is 18.3 Å². The molecule has 1 aliphatic rings. The summed E-state index contributed by atoms with van der Waals surface area (Å²) in [4.78, 5) is 6.76. The third kappa shape index (κ3) is 1.46. The molecular formula is C15H15N5. The fraction of sp³-hybridized carbons (Fsp3) is 0.267. The molecular weight excluding hydrogens is 250 g/mol. The molecule has 5 nitrogen and oxygen atoms in total. The first kappa shape index (κ1) is 11.4. The molecule has 3 heterocycles. The summed E-state index contributed by atoms with van der Waals surface area (Å²) in [7, 11) is 2.07. The van der Waals surface area contributed by atoms with Crippen LogP contribution in [0.15, 0.2) is 36.9 Å². The van der Waals surface area contributed by atoms with Crippen molar-refractivity contribution in [3.8, 4) is 0 Å². The Morgan fingerprint density at radius 1 is 1.20 bits per heavy atom. The molecule has 4 rings (SSSR count). The number of hydrogen-bond acceptors (Lipinski definition) is 4. The van der Waals surface area contributed by atoms with Crippen molar-refractivity contribution in [1.82, 2.24) is 19.6 Å². The van der Waals surface area contributed by atoms with E-state index >= 15 is 0 Å². The summed E-state index contributed by atoms with van der Waals surface area (Å²) < 4.78 is 1.88. The Bertz CT molecular complexity index is 792. The lowest BCUT2D eigenvalue weighted by Gasteiger charge is -2.20. The SMILES string of the molecule is CC1Cc2c(ncn3cnnc23)N(C)c2ccccc21. The predicted octanol–water partition coefficient (Wildman–Crippen LogP) is 2.55. The highest BCUT2D eigenvalue weighted by Crippen LogP contribution is 2.39. The minimum atomic E-state index is 0.430. The molecule has 1 unspecified atom stereocenters. The van der Waals surface area contributed by atoms with Crippen molar-refractivity contribution in [1.29, 1.82) is 0 Å². The zero-order valence-electron chi connectivity index (χ0n) is 11.5. The van der Waals surface area contributed by atoms with Gasteiger partial charge in [0.1, 0.15) is 18.5 Å². The monoisotopic (exact) mass is 265 g/mol. The van der Waals surface area contributed by atoms with Crippen LogP contribution in [-0.2, 0) is 6.42 Å². The Kier molecular flexibility index (Phi) is 2.30. The van der Waals surface area contributed by atoms with E-state index in [9.17, 15) is 0 Å². The van der Waals surface area contributed by atoms with Crippen molar-refractivity contribution in [3.05, 3.63) is 48.0 Å². The van der Waals surface area contributed by atoms with Gasteiger partial charge in [-0.2, -0.15) is 0 Å². The van der Waals surface area contributed by atoms with Crippen LogP contribution in [-0.4, -0.2) is 26.6 Å². The van der Waals surface area contributed by atoms with Gasteiger partial charge in [0.05, 0.1) is 0 Å². The molecule has 2 aromatic heterocycles. The van der Waals surface area contributed by atoms with Crippen LogP contribution in [0.4, 0.5) is 11.5 Å². The zero-order valence-corrected chi connectivity index (χ0v) is 11.5. The second-order valence-corrected chi connectivity index (χ2v) is 5.33. The molecule has 0 amide bonds. The molecule has 1 aliphatic heterocycles. The average molecular weight is 265 g/mol. The highest BCUT2D eigenvalue weighted by Gasteiger charge is 2.25. The van der Waals surface area contributed by atoms with Crippen molar-refractivity contribution < 1.29 is 0 Å². The Morgan fingerprint density at radius 2 is 2.05 bits per heavy atom. The number of para-hydroxylation sites is 1. The van der Waals surface area contributed by atoms with Crippen LogP contribution in [0.25, 0.3) is 5.65 Å². The lowest BCUT2D eigenvalue weighted by Crippen LogP contribution is -2.13. The van der Waals surface area contributed by atoms with Crippen molar-refractivity contribution >= 4 is 17.2 Å². The molecule has 0 saturated carbocycles. The lowest BCUT2D eigenvalue weighted by atomic mass is 9.94. The van der Waals surface area contributed by atoms with Crippen molar-refractivity contribution in [2.75, 3.05) is 11.9 Å². The van der Waals surface area contributed by atoms with Crippen LogP contribution in [0.3, 0.4) is 0 Å². The number of fused-ring (bicyclic) bond motifs is 4. The molecule has 0 fully saturated rings. The van der Waals surface area contributed by atoms with Crippen molar-refractivity contribution in [2.24, 2.45) is 0 Å². The first-order valence-electron chi connectivity index (χ1n) is 6.75. The van der Waals surface area contributed by atoms with E-state index in [1.54, 1.807) is 12.7 Å². The Morgan fingerprint density at radius 3 is 2.95 bits per heavy atom. The summed E-state index contributed by atoms with van der Waals surface area (Å²) in [5, 5.41) is 8.25. The van der Waals surface area contributed by atoms with Crippen molar-refractivity contribution in [3.63, 3.8) is 0 Å². The van der Waals surface area contributed by atoms with E-state index in [1.807, 2.05) is 4.40 Å². The van der Waals surface area contributed by atoms with Gasteiger partial charge in [-0.25, -0.2) is 4.98 Å². The van der Waals surface area contributed by atoms with Gasteiger partial charge < -0.3 is 4.90 Å². The fourth-order valence-electron chi connectivity index (χ4n) is 3.05. The maximum Gasteiger partial charge on any atom is 0.168 e. The van der Waals surface area contributed by atoms with Gasteiger partial charge in [-0.05, 0) is 24.0 Å². The molecule has 1 atom stereocenters. The normalized spacial score (nSPS) is 17.7. The van der Waals surface area contributed by atoms with Crippen molar-refractivity contribution in [2.45, 2.75) is 19.3 Å². The van der Waals surface area contributed by atoms with Gasteiger partial charge in [-0.1, -0.05) is 25.1 Å². The summed E-state index contributed by atoms with van der Waals surface area (Å²) >= 11 is 0. The lowest BCUT2D eigenvalue weighted by molar-refractivity contribution is 0.766. The molecule has 100 valence electrons. The number of rotatable bonds is 0. The molecule has 1 aromatic carbocycles. The second-order valence-electron chi connectivity index (χ2n) is 5.33. The first-order valence-corrected chi connectivity index (χ1v) is 6.75. The molecule has 0 bridgehead atoms. The number of anilines is 2. The quantitative estimate of drug-likeness (QED) is 0.626. The number of hydrogen-bond donors (Lipinski definition) is 0. The highest BCUT2D eigenvalue weighted by molar-refractivity contribution is 5.72. The maximum absolute atomic E-state index is 4.60. The van der Waals surface area contributed by atoms with E-state index in [2.05, 4.69) is 58.3 Å². The summed E-state index contributed by atoms with van der Waals surface area (Å²) in [6, 6.07) is 8.52. The minimum Gasteiger partial charge on any atom is -0.329 e. The summed E-state index contributed by atoms with van der Waals surface area (Å²) in [5.74, 6) is 1.40. The van der Waals surface area contributed by atoms with E-state index in [4.69, 9.17) is 0 Å². The Balaban J connectivity index is 2.02. The molecule has 0 saturated heterocycles. The zero-order chi connectivity index (χ0) is 13.7. The third-order valence-electron chi connectivity index (χ3n) is 4.07. The van der Waals surface area contributed by atoms with E-state index in [-0.39, 0.29) is 0 Å². The van der Waals surface area contributed by atoms with Gasteiger partial charge in [0.25, 0.3) is 0 Å². The number of nitrogens with zero attached hydrogens (tertiary/aromatic N) is 5. The largest absolute Gasteiger partial charge is 0.329 e. The van der Waals surface area contributed by atoms with Gasteiger partial charge in [0.2, 0.25) is 0 Å². The Hall–Kier alpha value is -2.43. The molecule has 0 spiro atoms. The topological polar surface area (TPSA) is 46.3 Å². The number of benzene rings is 1. The van der Waals surface area contributed by atoms with Crippen LogP contribution >= 0.6 is 0 Å². The first-order chi connectivity index (χ1) is 9.75. The van der Waals surface area contributed by atoms with Gasteiger partial charge in [0.15, 0.2) is 5.65 Å². The molecule has 0 aliphatic carbocycles. The average Bonchev–Trinajstić information content (AvgIpc) is 2.92. The summed E-state index contributed by atoms with van der Waals surface area (Å²) in [5.41, 5.74) is 4.64. The van der Waals surface area contributed by atoms with Crippen LogP contribution in [0.2, 0.25) is 0 Å². The highest BCUT2D eigenvalue weighted by atomic mass is 15.3. The van der Waals surface area contributed by atoms with E-state index in [0.717, 1.165) is 23.4 Å². The molecule has 0 N–H and O–H groups in total. The Labute approximate surface area is 116 Å². The summed E-state index contributed by atoms with van der Waals surface area (Å²) in [6.45, 7) is 2.25. The fourth-order valence-corrected chi connectivity index (χ4v) is 3.05. The van der Waals surface area contributed by atoms with Crippen LogP contribution in [0, 0.1) is 0 Å². The van der Waals surface area contributed by atoms with E-state index in [1.165, 1.54) is 11.3 Å². The summed E-state index contributed by atoms with van der Waals surface area (Å²) in [6.07, 6.45) is 4.40. The second kappa shape index (κ2) is 4.03. The third-order valence-corrected chi connectivity index (χ3v) is 4.07. The smallest absolute Gasteiger partial charge is 0.168 e. The van der Waals surface area contributed by atoms with Crippen LogP contribution < -0.4 is 4.90 Å². The van der Waals surface area contributed by atoms with Gasteiger partial charge in [-0.15, -0.1) is 10.2 Å². The minimum absolute atomic E-state index is 0.430. The molecule has 3 aromatic rings. The molecule has 20 heavy (non-hydrogen) atoms. The number of aromatic nitrogens is 4. The van der Waals surface area contributed by atoms with E-state index in [0.29, 0.717) is 5.92 Å². The maximum atomic E-state index is 4.60. The van der Waals surface area contributed by atoms with Crippen LogP contribution in [0.1, 0.15) is 24.0 Å². The van der Waals surface area contributed by atoms with Gasteiger partial charge in [-0.3, -0.25) is 4.40 Å². The molecule has 5 heteroatoms. The van der Waals surface area contributed by atoms with Crippen LogP contribution in [0.5, 0.6) is 0 Å². The molecule has 0 radical (unpaired) electrons. The standard InChI is InChI=1S/C15H15N5/c1-10-7-12-14(16-8-20-9-17-18-15(12)20)19(2)13-6-4-3-5-11(10)13/h3-6,8-10H,7H2,1-2H3. The predicted molar refractivity (Wildman–Crippen MR) is 77.4 cm³/mol. The van der Waals surface area contributed by atoms with Gasteiger partial charge >= 0.3 is 0 Å².